The number of imidazole rings is 1. The number of benzene rings is 1. The van der Waals surface area contributed by atoms with Crippen molar-refractivity contribution in [3.05, 3.63) is 59.1 Å². The Labute approximate surface area is 132 Å². The van der Waals surface area contributed by atoms with Gasteiger partial charge in [0.15, 0.2) is 5.65 Å². The largest absolute Gasteiger partial charge is 0.268 e. The molecule has 0 bridgehead atoms. The van der Waals surface area contributed by atoms with Gasteiger partial charge in [-0.05, 0) is 29.8 Å². The summed E-state index contributed by atoms with van der Waals surface area (Å²) in [4.78, 5) is 4.40. The van der Waals surface area contributed by atoms with Gasteiger partial charge < -0.3 is 0 Å². The van der Waals surface area contributed by atoms with Gasteiger partial charge in [-0.2, -0.15) is 10.2 Å². The molecule has 1 atom stereocenters. The van der Waals surface area contributed by atoms with Crippen LogP contribution < -0.4 is 0 Å². The van der Waals surface area contributed by atoms with E-state index in [1.165, 1.54) is 5.56 Å². The maximum Gasteiger partial charge on any atom is 0.153 e. The minimum Gasteiger partial charge on any atom is -0.268 e. The van der Waals surface area contributed by atoms with E-state index in [9.17, 15) is 0 Å². The van der Waals surface area contributed by atoms with E-state index in [-0.39, 0.29) is 5.92 Å². The Kier molecular flexibility index (Phi) is 2.90. The van der Waals surface area contributed by atoms with Crippen molar-refractivity contribution in [1.82, 2.24) is 24.4 Å². The summed E-state index contributed by atoms with van der Waals surface area (Å²) >= 11 is 6.01. The number of hydrogen-bond donors (Lipinski definition) is 0. The van der Waals surface area contributed by atoms with Crippen molar-refractivity contribution in [2.75, 3.05) is 0 Å². The number of nitrogens with zero attached hydrogens (tertiary/aromatic N) is 5. The average molecular weight is 312 g/mol. The summed E-state index contributed by atoms with van der Waals surface area (Å²) in [5.41, 5.74) is 4.13. The van der Waals surface area contributed by atoms with Crippen LogP contribution in [0.3, 0.4) is 0 Å². The molecule has 0 unspecified atom stereocenters. The van der Waals surface area contributed by atoms with Crippen molar-refractivity contribution >= 4 is 28.2 Å². The van der Waals surface area contributed by atoms with Crippen molar-refractivity contribution in [2.45, 2.75) is 12.8 Å². The van der Waals surface area contributed by atoms with Crippen molar-refractivity contribution in [3.63, 3.8) is 0 Å². The van der Waals surface area contributed by atoms with Crippen LogP contribution in [0.15, 0.2) is 42.7 Å². The van der Waals surface area contributed by atoms with Gasteiger partial charge in [-0.1, -0.05) is 24.6 Å². The molecule has 110 valence electrons. The van der Waals surface area contributed by atoms with Crippen LogP contribution in [0, 0.1) is 0 Å². The summed E-state index contributed by atoms with van der Waals surface area (Å²) in [6.45, 7) is 2.14. The second kappa shape index (κ2) is 4.81. The molecule has 3 heterocycles. The highest BCUT2D eigenvalue weighted by Gasteiger charge is 2.15. The minimum absolute atomic E-state index is 0.158. The Balaban J connectivity index is 1.83. The second-order valence-corrected chi connectivity index (χ2v) is 5.80. The Morgan fingerprint density at radius 1 is 1.14 bits per heavy atom. The summed E-state index contributed by atoms with van der Waals surface area (Å²) < 4.78 is 3.68. The minimum atomic E-state index is 0.158. The van der Waals surface area contributed by atoms with Crippen LogP contribution in [0.1, 0.15) is 24.1 Å². The fourth-order valence-corrected chi connectivity index (χ4v) is 2.92. The summed E-state index contributed by atoms with van der Waals surface area (Å²) in [6, 6.07) is 10.0. The zero-order valence-corrected chi connectivity index (χ0v) is 13.0. The first-order chi connectivity index (χ1) is 10.6. The smallest absolute Gasteiger partial charge is 0.153 e. The molecule has 0 aliphatic heterocycles. The van der Waals surface area contributed by atoms with E-state index in [1.54, 1.807) is 10.6 Å². The molecule has 0 saturated heterocycles. The van der Waals surface area contributed by atoms with Crippen LogP contribution in [0.25, 0.3) is 16.6 Å². The number of halogens is 1. The van der Waals surface area contributed by atoms with Gasteiger partial charge in [0.2, 0.25) is 0 Å². The molecule has 0 spiro atoms. The summed E-state index contributed by atoms with van der Waals surface area (Å²) in [5.74, 6) is 0.158. The molecule has 0 saturated carbocycles. The third-order valence-electron chi connectivity index (χ3n) is 4.07. The highest BCUT2D eigenvalue weighted by molar-refractivity contribution is 6.29. The van der Waals surface area contributed by atoms with Gasteiger partial charge >= 0.3 is 0 Å². The van der Waals surface area contributed by atoms with Gasteiger partial charge in [-0.25, -0.2) is 9.50 Å². The van der Waals surface area contributed by atoms with Crippen LogP contribution in [-0.4, -0.2) is 24.4 Å². The Morgan fingerprint density at radius 2 is 2.00 bits per heavy atom. The Hall–Kier alpha value is -2.40. The van der Waals surface area contributed by atoms with E-state index < -0.39 is 0 Å². The van der Waals surface area contributed by atoms with E-state index in [2.05, 4.69) is 40.3 Å². The molecule has 0 radical (unpaired) electrons. The van der Waals surface area contributed by atoms with Gasteiger partial charge in [0.25, 0.3) is 0 Å². The van der Waals surface area contributed by atoms with E-state index in [1.807, 2.05) is 30.2 Å². The van der Waals surface area contributed by atoms with E-state index in [0.717, 1.165) is 22.2 Å². The highest BCUT2D eigenvalue weighted by atomic mass is 35.5. The number of aryl methyl sites for hydroxylation is 1. The maximum atomic E-state index is 6.01. The first kappa shape index (κ1) is 13.3. The Bertz CT molecular complexity index is 985. The normalized spacial score (nSPS) is 13.0. The summed E-state index contributed by atoms with van der Waals surface area (Å²) in [7, 11) is 1.95. The lowest BCUT2D eigenvalue weighted by atomic mass is 9.97. The molecule has 3 aromatic heterocycles. The van der Waals surface area contributed by atoms with Crippen molar-refractivity contribution in [2.24, 2.45) is 7.05 Å². The van der Waals surface area contributed by atoms with Gasteiger partial charge in [0, 0.05) is 18.4 Å². The predicted octanol–water partition coefficient (Wildman–Crippen LogP) is 3.42. The SMILES string of the molecule is C[C@H](c1ccc2c(cnn2C)c1)c1cnc2ccc(Cl)nn12. The predicted molar refractivity (Wildman–Crippen MR) is 86.2 cm³/mol. The lowest BCUT2D eigenvalue weighted by molar-refractivity contribution is 0.789. The van der Waals surface area contributed by atoms with E-state index >= 15 is 0 Å². The van der Waals surface area contributed by atoms with Crippen LogP contribution in [0.2, 0.25) is 5.15 Å². The number of hydrogen-bond acceptors (Lipinski definition) is 3. The van der Waals surface area contributed by atoms with E-state index in [4.69, 9.17) is 11.6 Å². The molecule has 1 aromatic carbocycles. The molecular formula is C16H14ClN5. The van der Waals surface area contributed by atoms with Gasteiger partial charge in [0.05, 0.1) is 23.6 Å². The number of rotatable bonds is 2. The van der Waals surface area contributed by atoms with Crippen LogP contribution >= 0.6 is 11.6 Å². The standard InChI is InChI=1S/C16H14ClN5/c1-10(11-3-4-13-12(7-11)8-19-21(13)2)14-9-18-16-6-5-15(17)20-22(14)16/h3-10H,1-2H3/t10-/m1/s1. The lowest BCUT2D eigenvalue weighted by Crippen LogP contribution is -2.03. The second-order valence-electron chi connectivity index (χ2n) is 5.42. The molecule has 0 fully saturated rings. The fraction of sp³-hybridized carbons (Fsp3) is 0.188. The van der Waals surface area contributed by atoms with Crippen LogP contribution in [0.5, 0.6) is 0 Å². The number of fused-ring (bicyclic) bond motifs is 2. The molecule has 0 aliphatic rings. The molecule has 6 heteroatoms. The Morgan fingerprint density at radius 3 is 2.86 bits per heavy atom. The summed E-state index contributed by atoms with van der Waals surface area (Å²) in [5, 5.41) is 10.2. The third-order valence-corrected chi connectivity index (χ3v) is 4.27. The molecule has 4 aromatic rings. The van der Waals surface area contributed by atoms with E-state index in [0.29, 0.717) is 5.15 Å². The maximum absolute atomic E-state index is 6.01. The molecule has 5 nitrogen and oxygen atoms in total. The van der Waals surface area contributed by atoms with Gasteiger partial charge in [0.1, 0.15) is 5.15 Å². The highest BCUT2D eigenvalue weighted by Crippen LogP contribution is 2.27. The molecule has 4 rings (SSSR count). The molecule has 0 amide bonds. The van der Waals surface area contributed by atoms with Gasteiger partial charge in [-0.3, -0.25) is 4.68 Å². The zero-order valence-electron chi connectivity index (χ0n) is 12.2. The average Bonchev–Trinajstić information content (AvgIpc) is 3.10. The topological polar surface area (TPSA) is 48.0 Å². The van der Waals surface area contributed by atoms with Crippen molar-refractivity contribution < 1.29 is 0 Å². The third kappa shape index (κ3) is 1.97. The summed E-state index contributed by atoms with van der Waals surface area (Å²) in [6.07, 6.45) is 3.74. The monoisotopic (exact) mass is 311 g/mol. The van der Waals surface area contributed by atoms with Crippen LogP contribution in [0.4, 0.5) is 0 Å². The quantitative estimate of drug-likeness (QED) is 0.570. The fourth-order valence-electron chi connectivity index (χ4n) is 2.79. The van der Waals surface area contributed by atoms with Gasteiger partial charge in [-0.15, -0.1) is 0 Å². The molecule has 0 aliphatic carbocycles. The first-order valence-corrected chi connectivity index (χ1v) is 7.43. The molecular weight excluding hydrogens is 298 g/mol. The van der Waals surface area contributed by atoms with Crippen molar-refractivity contribution in [1.29, 1.82) is 0 Å². The lowest BCUT2D eigenvalue weighted by Gasteiger charge is -2.11. The van der Waals surface area contributed by atoms with Crippen molar-refractivity contribution in [3.8, 4) is 0 Å². The molecule has 0 N–H and O–H groups in total. The number of aromatic nitrogens is 5. The molecule has 22 heavy (non-hydrogen) atoms. The zero-order chi connectivity index (χ0) is 15.3. The first-order valence-electron chi connectivity index (χ1n) is 7.05. The van der Waals surface area contributed by atoms with Crippen LogP contribution in [-0.2, 0) is 7.05 Å².